The highest BCUT2D eigenvalue weighted by Crippen LogP contribution is 2.16. The Morgan fingerprint density at radius 2 is 2.00 bits per heavy atom. The minimum atomic E-state index is 0.668. The highest BCUT2D eigenvalue weighted by molar-refractivity contribution is 5.44. The third-order valence-electron chi connectivity index (χ3n) is 3.33. The van der Waals surface area contributed by atoms with E-state index in [1.165, 1.54) is 11.1 Å². The third-order valence-corrected chi connectivity index (χ3v) is 3.33. The van der Waals surface area contributed by atoms with Crippen molar-refractivity contribution in [3.05, 3.63) is 47.3 Å². The van der Waals surface area contributed by atoms with Crippen LogP contribution in [0.2, 0.25) is 0 Å². The summed E-state index contributed by atoms with van der Waals surface area (Å²) in [5, 5.41) is 8.05. The van der Waals surface area contributed by atoms with Crippen LogP contribution < -0.4 is 5.32 Å². The maximum Gasteiger partial charge on any atom is 0.0766 e. The molecule has 0 bridgehead atoms. The molecule has 2 rings (SSSR count). The fraction of sp³-hybridized carbons (Fsp3) is 0.438. The summed E-state index contributed by atoms with van der Waals surface area (Å²) in [6.45, 7) is 10.5. The first-order chi connectivity index (χ1) is 9.08. The van der Waals surface area contributed by atoms with Crippen LogP contribution in [-0.4, -0.2) is 16.3 Å². The number of nitrogens with zero attached hydrogens (tertiary/aromatic N) is 2. The molecule has 102 valence electrons. The Balaban J connectivity index is 2.10. The van der Waals surface area contributed by atoms with Gasteiger partial charge in [-0.05, 0) is 49.6 Å². The highest BCUT2D eigenvalue weighted by atomic mass is 15.3. The summed E-state index contributed by atoms with van der Waals surface area (Å²) < 4.78 is 1.97. The predicted octanol–water partition coefficient (Wildman–Crippen LogP) is 3.23. The van der Waals surface area contributed by atoms with Crippen LogP contribution in [0.5, 0.6) is 0 Å². The Morgan fingerprint density at radius 1 is 1.21 bits per heavy atom. The smallest absolute Gasteiger partial charge is 0.0766 e. The van der Waals surface area contributed by atoms with Crippen LogP contribution in [0.25, 0.3) is 5.69 Å². The quantitative estimate of drug-likeness (QED) is 0.891. The highest BCUT2D eigenvalue weighted by Gasteiger charge is 2.05. The van der Waals surface area contributed by atoms with Crippen molar-refractivity contribution >= 4 is 0 Å². The summed E-state index contributed by atoms with van der Waals surface area (Å²) in [6, 6.07) is 8.40. The number of rotatable bonds is 5. The van der Waals surface area contributed by atoms with Crippen molar-refractivity contribution in [1.82, 2.24) is 15.1 Å². The van der Waals surface area contributed by atoms with Crippen LogP contribution in [0, 0.1) is 19.8 Å². The average Bonchev–Trinajstić information content (AvgIpc) is 2.81. The molecule has 3 heteroatoms. The first-order valence-electron chi connectivity index (χ1n) is 6.90. The van der Waals surface area contributed by atoms with Crippen LogP contribution in [-0.2, 0) is 6.54 Å². The molecule has 0 unspecified atom stereocenters. The molecule has 1 aromatic carbocycles. The zero-order valence-corrected chi connectivity index (χ0v) is 12.3. The lowest BCUT2D eigenvalue weighted by atomic mass is 10.1. The van der Waals surface area contributed by atoms with E-state index in [4.69, 9.17) is 0 Å². The number of hydrogen-bond donors (Lipinski definition) is 1. The van der Waals surface area contributed by atoms with Crippen molar-refractivity contribution < 1.29 is 0 Å². The van der Waals surface area contributed by atoms with E-state index in [9.17, 15) is 0 Å². The molecular weight excluding hydrogens is 234 g/mol. The van der Waals surface area contributed by atoms with E-state index in [2.05, 4.69) is 62.4 Å². The number of aromatic nitrogens is 2. The van der Waals surface area contributed by atoms with Gasteiger partial charge < -0.3 is 5.32 Å². The van der Waals surface area contributed by atoms with Crippen molar-refractivity contribution in [2.24, 2.45) is 5.92 Å². The van der Waals surface area contributed by atoms with Crippen LogP contribution in [0.3, 0.4) is 0 Å². The summed E-state index contributed by atoms with van der Waals surface area (Å²) >= 11 is 0. The lowest BCUT2D eigenvalue weighted by Gasteiger charge is -2.08. The van der Waals surface area contributed by atoms with E-state index in [0.717, 1.165) is 24.5 Å². The number of nitrogens with one attached hydrogen (secondary N) is 1. The molecule has 19 heavy (non-hydrogen) atoms. The molecule has 1 N–H and O–H groups in total. The molecule has 3 nitrogen and oxygen atoms in total. The van der Waals surface area contributed by atoms with Gasteiger partial charge in [-0.25, -0.2) is 4.68 Å². The Bertz CT molecular complexity index is 541. The van der Waals surface area contributed by atoms with Crippen molar-refractivity contribution in [3.8, 4) is 5.69 Å². The second-order valence-corrected chi connectivity index (χ2v) is 5.50. The minimum absolute atomic E-state index is 0.668. The van der Waals surface area contributed by atoms with Gasteiger partial charge in [-0.3, -0.25) is 0 Å². The van der Waals surface area contributed by atoms with E-state index >= 15 is 0 Å². The van der Waals surface area contributed by atoms with Gasteiger partial charge in [0.05, 0.1) is 11.4 Å². The molecule has 0 fully saturated rings. The molecule has 0 atom stereocenters. The van der Waals surface area contributed by atoms with E-state index in [1.807, 2.05) is 10.9 Å². The fourth-order valence-electron chi connectivity index (χ4n) is 2.06. The van der Waals surface area contributed by atoms with Crippen LogP contribution >= 0.6 is 0 Å². The first kappa shape index (κ1) is 13.8. The van der Waals surface area contributed by atoms with Gasteiger partial charge in [0.25, 0.3) is 0 Å². The van der Waals surface area contributed by atoms with Gasteiger partial charge in [0.15, 0.2) is 0 Å². The molecule has 0 radical (unpaired) electrons. The van der Waals surface area contributed by atoms with Crippen molar-refractivity contribution in [1.29, 1.82) is 0 Å². The summed E-state index contributed by atoms with van der Waals surface area (Å²) in [5.41, 5.74) is 4.83. The molecule has 0 aliphatic rings. The minimum Gasteiger partial charge on any atom is -0.311 e. The SMILES string of the molecule is Cc1cccc(-n2ccc(CNCC(C)C)n2)c1C. The molecule has 0 spiro atoms. The van der Waals surface area contributed by atoms with E-state index in [0.29, 0.717) is 5.92 Å². The normalized spacial score (nSPS) is 11.2. The van der Waals surface area contributed by atoms with Gasteiger partial charge in [0.1, 0.15) is 0 Å². The van der Waals surface area contributed by atoms with E-state index < -0.39 is 0 Å². The third kappa shape index (κ3) is 3.44. The van der Waals surface area contributed by atoms with Crippen LogP contribution in [0.15, 0.2) is 30.5 Å². The molecule has 0 saturated heterocycles. The zero-order valence-electron chi connectivity index (χ0n) is 12.3. The first-order valence-corrected chi connectivity index (χ1v) is 6.90. The maximum atomic E-state index is 4.63. The standard InChI is InChI=1S/C16H23N3/c1-12(2)10-17-11-15-8-9-19(18-15)16-7-5-6-13(3)14(16)4/h5-9,12,17H,10-11H2,1-4H3. The number of benzene rings is 1. The zero-order chi connectivity index (χ0) is 13.8. The summed E-state index contributed by atoms with van der Waals surface area (Å²) in [5.74, 6) is 0.668. The topological polar surface area (TPSA) is 29.9 Å². The predicted molar refractivity (Wildman–Crippen MR) is 79.6 cm³/mol. The van der Waals surface area contributed by atoms with Crippen LogP contribution in [0.4, 0.5) is 0 Å². The molecule has 0 aliphatic heterocycles. The summed E-state index contributed by atoms with van der Waals surface area (Å²) in [6.07, 6.45) is 2.04. The van der Waals surface area contributed by atoms with Crippen molar-refractivity contribution in [3.63, 3.8) is 0 Å². The molecule has 2 aromatic rings. The maximum absolute atomic E-state index is 4.63. The second-order valence-electron chi connectivity index (χ2n) is 5.50. The average molecular weight is 257 g/mol. The molecule has 0 saturated carbocycles. The van der Waals surface area contributed by atoms with E-state index in [-0.39, 0.29) is 0 Å². The monoisotopic (exact) mass is 257 g/mol. The van der Waals surface area contributed by atoms with Crippen molar-refractivity contribution in [2.45, 2.75) is 34.2 Å². The molecule has 0 aliphatic carbocycles. The van der Waals surface area contributed by atoms with Gasteiger partial charge in [-0.2, -0.15) is 5.10 Å². The van der Waals surface area contributed by atoms with Gasteiger partial charge in [-0.15, -0.1) is 0 Å². The van der Waals surface area contributed by atoms with Gasteiger partial charge >= 0.3 is 0 Å². The number of hydrogen-bond acceptors (Lipinski definition) is 2. The number of aryl methyl sites for hydroxylation is 1. The van der Waals surface area contributed by atoms with Crippen molar-refractivity contribution in [2.75, 3.05) is 6.54 Å². The van der Waals surface area contributed by atoms with Gasteiger partial charge in [-0.1, -0.05) is 26.0 Å². The molecular formula is C16H23N3. The fourth-order valence-corrected chi connectivity index (χ4v) is 2.06. The summed E-state index contributed by atoms with van der Waals surface area (Å²) in [4.78, 5) is 0. The van der Waals surface area contributed by atoms with Crippen LogP contribution in [0.1, 0.15) is 30.7 Å². The molecule has 0 amide bonds. The second kappa shape index (κ2) is 6.02. The van der Waals surface area contributed by atoms with Gasteiger partial charge in [0, 0.05) is 12.7 Å². The van der Waals surface area contributed by atoms with Gasteiger partial charge in [0.2, 0.25) is 0 Å². The largest absolute Gasteiger partial charge is 0.311 e. The Kier molecular flexibility index (Phi) is 4.38. The summed E-state index contributed by atoms with van der Waals surface area (Å²) in [7, 11) is 0. The Hall–Kier alpha value is -1.61. The molecule has 1 aromatic heterocycles. The lowest BCUT2D eigenvalue weighted by Crippen LogP contribution is -2.19. The van der Waals surface area contributed by atoms with E-state index in [1.54, 1.807) is 0 Å². The lowest BCUT2D eigenvalue weighted by molar-refractivity contribution is 0.546. The Morgan fingerprint density at radius 3 is 2.74 bits per heavy atom. The Labute approximate surface area is 115 Å². The molecule has 1 heterocycles.